The average Bonchev–Trinajstić information content (AvgIpc) is 2.85. The van der Waals surface area contributed by atoms with Gasteiger partial charge in [0, 0.05) is 24.8 Å². The topological polar surface area (TPSA) is 97.0 Å². The molecular weight excluding hydrogens is 434 g/mol. The molecule has 2 aromatic rings. The molecular formula is C26H31N3O5. The molecule has 0 aliphatic carbocycles. The van der Waals surface area contributed by atoms with Gasteiger partial charge in [-0.15, -0.1) is 0 Å². The molecule has 0 unspecified atom stereocenters. The van der Waals surface area contributed by atoms with Crippen molar-refractivity contribution in [2.75, 3.05) is 25.5 Å². The first-order valence-electron chi connectivity index (χ1n) is 11.8. The lowest BCUT2D eigenvalue weighted by molar-refractivity contribution is -0.134. The van der Waals surface area contributed by atoms with Gasteiger partial charge in [-0.25, -0.2) is 0 Å². The zero-order chi connectivity index (χ0) is 24.1. The quantitative estimate of drug-likeness (QED) is 0.683. The van der Waals surface area contributed by atoms with Gasteiger partial charge < -0.3 is 25.0 Å². The van der Waals surface area contributed by atoms with Gasteiger partial charge in [0.15, 0.2) is 0 Å². The summed E-state index contributed by atoms with van der Waals surface area (Å²) in [6.45, 7) is 2.94. The molecule has 2 heterocycles. The van der Waals surface area contributed by atoms with E-state index < -0.39 is 0 Å². The molecule has 8 heteroatoms. The number of hydrogen-bond acceptors (Lipinski definition) is 5. The summed E-state index contributed by atoms with van der Waals surface area (Å²) in [4.78, 5) is 39.7. The van der Waals surface area contributed by atoms with E-state index in [2.05, 4.69) is 10.6 Å². The van der Waals surface area contributed by atoms with Crippen molar-refractivity contribution < 1.29 is 23.9 Å². The van der Waals surface area contributed by atoms with Gasteiger partial charge in [0.05, 0.1) is 24.1 Å². The Bertz CT molecular complexity index is 1040. The Hall–Kier alpha value is -3.39. The maximum absolute atomic E-state index is 13.3. The summed E-state index contributed by atoms with van der Waals surface area (Å²) < 4.78 is 12.2. The zero-order valence-electron chi connectivity index (χ0n) is 19.6. The largest absolute Gasteiger partial charge is 0.490 e. The Kier molecular flexibility index (Phi) is 7.47. The van der Waals surface area contributed by atoms with Crippen LogP contribution in [0.15, 0.2) is 48.5 Å². The average molecular weight is 466 g/mol. The SMILES string of the molecule is CCCNC(=O)C[C@@H]1CC[C@H]2[C@@H](COc3ccc(NC(=O)c4ccccc4)cc3C(=O)N2C)O1. The Morgan fingerprint density at radius 2 is 1.91 bits per heavy atom. The molecule has 2 N–H and O–H groups in total. The number of benzene rings is 2. The molecule has 2 aliphatic rings. The van der Waals surface area contributed by atoms with E-state index in [0.717, 1.165) is 12.8 Å². The van der Waals surface area contributed by atoms with E-state index in [4.69, 9.17) is 9.47 Å². The fraction of sp³-hybridized carbons (Fsp3) is 0.423. The maximum Gasteiger partial charge on any atom is 0.257 e. The number of likely N-dealkylation sites (N-methyl/N-ethyl adjacent to an activating group) is 1. The van der Waals surface area contributed by atoms with Crippen LogP contribution in [0, 0.1) is 0 Å². The van der Waals surface area contributed by atoms with Gasteiger partial charge in [-0.2, -0.15) is 0 Å². The highest BCUT2D eigenvalue weighted by atomic mass is 16.5. The molecule has 8 nitrogen and oxygen atoms in total. The highest BCUT2D eigenvalue weighted by Gasteiger charge is 2.39. The molecule has 0 bridgehead atoms. The van der Waals surface area contributed by atoms with E-state index in [1.807, 2.05) is 13.0 Å². The zero-order valence-corrected chi connectivity index (χ0v) is 19.6. The lowest BCUT2D eigenvalue weighted by Crippen LogP contribution is -2.54. The monoisotopic (exact) mass is 465 g/mol. The van der Waals surface area contributed by atoms with E-state index in [1.54, 1.807) is 54.4 Å². The molecule has 4 rings (SSSR count). The van der Waals surface area contributed by atoms with Crippen molar-refractivity contribution in [3.8, 4) is 5.75 Å². The maximum atomic E-state index is 13.3. The van der Waals surface area contributed by atoms with Gasteiger partial charge in [-0.05, 0) is 49.6 Å². The summed E-state index contributed by atoms with van der Waals surface area (Å²) >= 11 is 0. The summed E-state index contributed by atoms with van der Waals surface area (Å²) in [5.74, 6) is -0.0116. The van der Waals surface area contributed by atoms with Crippen LogP contribution in [0.4, 0.5) is 5.69 Å². The Balaban J connectivity index is 1.46. The smallest absolute Gasteiger partial charge is 0.257 e. The normalized spacial score (nSPS) is 21.9. The molecule has 0 spiro atoms. The van der Waals surface area contributed by atoms with Crippen LogP contribution in [0.1, 0.15) is 53.3 Å². The minimum atomic E-state index is -0.322. The molecule has 2 aromatic carbocycles. The lowest BCUT2D eigenvalue weighted by Gasteiger charge is -2.42. The first-order chi connectivity index (χ1) is 16.5. The van der Waals surface area contributed by atoms with Crippen LogP contribution in [0.25, 0.3) is 0 Å². The summed E-state index contributed by atoms with van der Waals surface area (Å²) in [6.07, 6.45) is 2.10. The Labute approximate surface area is 199 Å². The van der Waals surface area contributed by atoms with Crippen LogP contribution in [0.5, 0.6) is 5.75 Å². The number of ether oxygens (including phenoxy) is 2. The van der Waals surface area contributed by atoms with Crippen molar-refractivity contribution in [3.63, 3.8) is 0 Å². The van der Waals surface area contributed by atoms with Crippen molar-refractivity contribution in [2.24, 2.45) is 0 Å². The third-order valence-corrected chi connectivity index (χ3v) is 6.29. The number of carbonyl (C=O) groups excluding carboxylic acids is 3. The van der Waals surface area contributed by atoms with Gasteiger partial charge in [0.1, 0.15) is 18.5 Å². The van der Waals surface area contributed by atoms with Crippen molar-refractivity contribution in [1.29, 1.82) is 0 Å². The number of amides is 3. The van der Waals surface area contributed by atoms with Crippen LogP contribution in [-0.4, -0.2) is 61.1 Å². The first-order valence-corrected chi connectivity index (χ1v) is 11.8. The van der Waals surface area contributed by atoms with Gasteiger partial charge in [-0.3, -0.25) is 14.4 Å². The molecule has 34 heavy (non-hydrogen) atoms. The number of anilines is 1. The molecule has 0 radical (unpaired) electrons. The van der Waals surface area contributed by atoms with Crippen molar-refractivity contribution in [3.05, 3.63) is 59.7 Å². The Morgan fingerprint density at radius 3 is 2.68 bits per heavy atom. The van der Waals surface area contributed by atoms with E-state index >= 15 is 0 Å². The second-order valence-corrected chi connectivity index (χ2v) is 8.75. The van der Waals surface area contributed by atoms with E-state index in [-0.39, 0.29) is 42.6 Å². The Morgan fingerprint density at radius 1 is 1.12 bits per heavy atom. The van der Waals surface area contributed by atoms with Crippen molar-refractivity contribution in [1.82, 2.24) is 10.2 Å². The highest BCUT2D eigenvalue weighted by Crippen LogP contribution is 2.32. The lowest BCUT2D eigenvalue weighted by atomic mass is 9.94. The summed E-state index contributed by atoms with van der Waals surface area (Å²) in [5.41, 5.74) is 1.45. The first kappa shape index (κ1) is 23.8. The second-order valence-electron chi connectivity index (χ2n) is 8.75. The van der Waals surface area contributed by atoms with Gasteiger partial charge in [0.2, 0.25) is 5.91 Å². The van der Waals surface area contributed by atoms with Gasteiger partial charge in [0.25, 0.3) is 11.8 Å². The fourth-order valence-electron chi connectivity index (χ4n) is 4.44. The predicted octanol–water partition coefficient (Wildman–Crippen LogP) is 3.24. The molecule has 3 atom stereocenters. The van der Waals surface area contributed by atoms with Crippen LogP contribution >= 0.6 is 0 Å². The van der Waals surface area contributed by atoms with Crippen LogP contribution in [0.3, 0.4) is 0 Å². The predicted molar refractivity (Wildman–Crippen MR) is 128 cm³/mol. The molecule has 0 aromatic heterocycles. The minimum Gasteiger partial charge on any atom is -0.490 e. The molecule has 2 aliphatic heterocycles. The van der Waals surface area contributed by atoms with E-state index in [0.29, 0.717) is 42.0 Å². The number of carbonyl (C=O) groups is 3. The molecule has 180 valence electrons. The van der Waals surface area contributed by atoms with E-state index in [9.17, 15) is 14.4 Å². The standard InChI is InChI=1S/C26H31N3O5/c1-3-13-27-24(30)15-19-10-11-21-23(34-19)16-33-22-12-9-18(14-20(22)26(32)29(21)2)28-25(31)17-7-5-4-6-8-17/h4-9,12,14,19,21,23H,3,10-11,13,15-16H2,1-2H3,(H,27,30)(H,28,31)/t19-,21-,23+/m0/s1. The van der Waals surface area contributed by atoms with Crippen molar-refractivity contribution in [2.45, 2.75) is 50.9 Å². The van der Waals surface area contributed by atoms with Crippen LogP contribution < -0.4 is 15.4 Å². The van der Waals surface area contributed by atoms with Crippen molar-refractivity contribution >= 4 is 23.4 Å². The number of rotatable bonds is 6. The highest BCUT2D eigenvalue weighted by molar-refractivity contribution is 6.05. The minimum absolute atomic E-state index is 0.0167. The number of fused-ring (bicyclic) bond motifs is 2. The van der Waals surface area contributed by atoms with E-state index in [1.165, 1.54) is 0 Å². The molecule has 1 saturated heterocycles. The summed E-state index contributed by atoms with van der Waals surface area (Å²) in [7, 11) is 1.77. The molecule has 0 saturated carbocycles. The third-order valence-electron chi connectivity index (χ3n) is 6.29. The molecule has 1 fully saturated rings. The van der Waals surface area contributed by atoms with Gasteiger partial charge >= 0.3 is 0 Å². The number of nitrogens with zero attached hydrogens (tertiary/aromatic N) is 1. The second kappa shape index (κ2) is 10.7. The van der Waals surface area contributed by atoms with Crippen LogP contribution in [-0.2, 0) is 9.53 Å². The number of hydrogen-bond donors (Lipinski definition) is 2. The van der Waals surface area contributed by atoms with Crippen LogP contribution in [0.2, 0.25) is 0 Å². The summed E-state index contributed by atoms with van der Waals surface area (Å²) in [6, 6.07) is 13.8. The fourth-order valence-corrected chi connectivity index (χ4v) is 4.44. The molecule has 3 amide bonds. The summed E-state index contributed by atoms with van der Waals surface area (Å²) in [5, 5.41) is 5.73. The number of nitrogens with one attached hydrogen (secondary N) is 2. The van der Waals surface area contributed by atoms with Gasteiger partial charge in [-0.1, -0.05) is 25.1 Å². The third kappa shape index (κ3) is 5.39.